The van der Waals surface area contributed by atoms with Gasteiger partial charge in [0.15, 0.2) is 0 Å². The molecular formula is C13H19NO. The van der Waals surface area contributed by atoms with Gasteiger partial charge in [0.2, 0.25) is 0 Å². The molecule has 0 aliphatic carbocycles. The summed E-state index contributed by atoms with van der Waals surface area (Å²) in [7, 11) is 0. The van der Waals surface area contributed by atoms with Crippen molar-refractivity contribution in [3.63, 3.8) is 0 Å². The van der Waals surface area contributed by atoms with E-state index in [4.69, 9.17) is 10.5 Å². The zero-order chi connectivity index (χ0) is 11.4. The molecule has 2 nitrogen and oxygen atoms in total. The van der Waals surface area contributed by atoms with Crippen LogP contribution < -0.4 is 10.5 Å². The number of nitrogens with two attached hydrogens (primary N) is 1. The third kappa shape index (κ3) is 3.40. The summed E-state index contributed by atoms with van der Waals surface area (Å²) < 4.78 is 5.59. The van der Waals surface area contributed by atoms with Gasteiger partial charge in [0.05, 0.1) is 0 Å². The highest BCUT2D eigenvalue weighted by atomic mass is 16.5. The summed E-state index contributed by atoms with van der Waals surface area (Å²) in [5.41, 5.74) is 9.07. The molecule has 0 saturated heterocycles. The first kappa shape index (κ1) is 11.8. The number of hydrogen-bond donors (Lipinski definition) is 1. The minimum atomic E-state index is 0.0684. The highest BCUT2D eigenvalue weighted by Crippen LogP contribution is 2.22. The van der Waals surface area contributed by atoms with Gasteiger partial charge in [0.1, 0.15) is 12.4 Å². The van der Waals surface area contributed by atoms with E-state index < -0.39 is 0 Å². The number of aryl methyl sites for hydroxylation is 1. The van der Waals surface area contributed by atoms with Gasteiger partial charge in [-0.1, -0.05) is 18.7 Å². The first-order valence-corrected chi connectivity index (χ1v) is 5.14. The van der Waals surface area contributed by atoms with E-state index in [2.05, 4.69) is 12.6 Å². The Morgan fingerprint density at radius 3 is 2.67 bits per heavy atom. The summed E-state index contributed by atoms with van der Waals surface area (Å²) in [4.78, 5) is 0. The van der Waals surface area contributed by atoms with E-state index in [0.717, 1.165) is 22.4 Å². The van der Waals surface area contributed by atoms with E-state index in [1.54, 1.807) is 0 Å². The Kier molecular flexibility index (Phi) is 3.92. The molecule has 0 aromatic heterocycles. The van der Waals surface area contributed by atoms with Crippen molar-refractivity contribution in [2.24, 2.45) is 5.73 Å². The predicted molar refractivity (Wildman–Crippen MR) is 64.1 cm³/mol. The van der Waals surface area contributed by atoms with Gasteiger partial charge in [0.25, 0.3) is 0 Å². The van der Waals surface area contributed by atoms with Crippen molar-refractivity contribution in [3.05, 3.63) is 41.5 Å². The van der Waals surface area contributed by atoms with Crippen LogP contribution in [-0.2, 0) is 0 Å². The maximum absolute atomic E-state index is 5.80. The summed E-state index contributed by atoms with van der Waals surface area (Å²) >= 11 is 0. The number of benzene rings is 1. The highest BCUT2D eigenvalue weighted by Gasteiger charge is 2.04. The average Bonchev–Trinajstić information content (AvgIpc) is 2.15. The van der Waals surface area contributed by atoms with Crippen molar-refractivity contribution in [3.8, 4) is 5.75 Å². The van der Waals surface area contributed by atoms with Gasteiger partial charge in [-0.3, -0.25) is 0 Å². The average molecular weight is 205 g/mol. The molecule has 0 heterocycles. The summed E-state index contributed by atoms with van der Waals surface area (Å²) in [6.07, 6.45) is 0. The Bertz CT molecular complexity index is 356. The van der Waals surface area contributed by atoms with Crippen LogP contribution in [0, 0.1) is 6.92 Å². The van der Waals surface area contributed by atoms with Crippen LogP contribution in [0.1, 0.15) is 31.0 Å². The van der Waals surface area contributed by atoms with Crippen LogP contribution in [0.25, 0.3) is 0 Å². The van der Waals surface area contributed by atoms with Crippen LogP contribution in [0.3, 0.4) is 0 Å². The molecule has 1 aromatic rings. The molecule has 0 aliphatic rings. The molecule has 1 rings (SSSR count). The fraction of sp³-hybridized carbons (Fsp3) is 0.385. The zero-order valence-corrected chi connectivity index (χ0v) is 9.71. The van der Waals surface area contributed by atoms with Crippen molar-refractivity contribution in [1.82, 2.24) is 0 Å². The Morgan fingerprint density at radius 1 is 1.53 bits per heavy atom. The standard InChI is InChI=1S/C13H19NO/c1-9(2)8-15-13-6-5-12(11(4)14)7-10(13)3/h5-7,11H,1,8,14H2,2-4H3/t11-/m1/s1. The Morgan fingerprint density at radius 2 is 2.20 bits per heavy atom. The molecule has 0 amide bonds. The van der Waals surface area contributed by atoms with E-state index >= 15 is 0 Å². The Balaban J connectivity index is 2.79. The van der Waals surface area contributed by atoms with Gasteiger partial charge in [0, 0.05) is 6.04 Å². The molecule has 0 saturated carbocycles. The van der Waals surface area contributed by atoms with Crippen LogP contribution in [0.4, 0.5) is 0 Å². The molecule has 2 heteroatoms. The smallest absolute Gasteiger partial charge is 0.122 e. The molecular weight excluding hydrogens is 186 g/mol. The minimum Gasteiger partial charge on any atom is -0.489 e. The maximum Gasteiger partial charge on any atom is 0.122 e. The van der Waals surface area contributed by atoms with Gasteiger partial charge in [-0.25, -0.2) is 0 Å². The molecule has 0 spiro atoms. The lowest BCUT2D eigenvalue weighted by atomic mass is 10.1. The van der Waals surface area contributed by atoms with Gasteiger partial charge in [-0.05, 0) is 43.5 Å². The fourth-order valence-corrected chi connectivity index (χ4v) is 1.32. The van der Waals surface area contributed by atoms with Gasteiger partial charge in [-0.2, -0.15) is 0 Å². The minimum absolute atomic E-state index is 0.0684. The monoisotopic (exact) mass is 205 g/mol. The third-order valence-electron chi connectivity index (χ3n) is 2.20. The summed E-state index contributed by atoms with van der Waals surface area (Å²) in [6.45, 7) is 10.3. The summed E-state index contributed by atoms with van der Waals surface area (Å²) in [5.74, 6) is 0.905. The Labute approximate surface area is 91.7 Å². The molecule has 0 aliphatic heterocycles. The number of hydrogen-bond acceptors (Lipinski definition) is 2. The maximum atomic E-state index is 5.80. The lowest BCUT2D eigenvalue weighted by Gasteiger charge is -2.12. The lowest BCUT2D eigenvalue weighted by Crippen LogP contribution is -2.06. The van der Waals surface area contributed by atoms with Crippen molar-refractivity contribution in [2.45, 2.75) is 26.8 Å². The largest absolute Gasteiger partial charge is 0.489 e. The lowest BCUT2D eigenvalue weighted by molar-refractivity contribution is 0.350. The zero-order valence-electron chi connectivity index (χ0n) is 9.71. The van der Waals surface area contributed by atoms with Gasteiger partial charge < -0.3 is 10.5 Å². The second-order valence-electron chi connectivity index (χ2n) is 4.06. The molecule has 82 valence electrons. The van der Waals surface area contributed by atoms with Crippen LogP contribution in [0.5, 0.6) is 5.75 Å². The van der Waals surface area contributed by atoms with Crippen molar-refractivity contribution >= 4 is 0 Å². The molecule has 1 atom stereocenters. The third-order valence-corrected chi connectivity index (χ3v) is 2.20. The van der Waals surface area contributed by atoms with Crippen molar-refractivity contribution in [2.75, 3.05) is 6.61 Å². The topological polar surface area (TPSA) is 35.2 Å². The van der Waals surface area contributed by atoms with Gasteiger partial charge >= 0.3 is 0 Å². The van der Waals surface area contributed by atoms with E-state index in [1.807, 2.05) is 32.9 Å². The van der Waals surface area contributed by atoms with E-state index in [0.29, 0.717) is 6.61 Å². The van der Waals surface area contributed by atoms with Crippen LogP contribution >= 0.6 is 0 Å². The van der Waals surface area contributed by atoms with E-state index in [1.165, 1.54) is 0 Å². The number of ether oxygens (including phenoxy) is 1. The molecule has 0 fully saturated rings. The predicted octanol–water partition coefficient (Wildman–Crippen LogP) is 2.97. The molecule has 15 heavy (non-hydrogen) atoms. The second kappa shape index (κ2) is 4.99. The van der Waals surface area contributed by atoms with E-state index in [9.17, 15) is 0 Å². The Hall–Kier alpha value is -1.28. The van der Waals surface area contributed by atoms with Crippen LogP contribution in [0.15, 0.2) is 30.4 Å². The SMILES string of the molecule is C=C(C)COc1ccc([C@@H](C)N)cc1C. The molecule has 0 bridgehead atoms. The quantitative estimate of drug-likeness (QED) is 0.767. The van der Waals surface area contributed by atoms with Crippen molar-refractivity contribution < 1.29 is 4.74 Å². The van der Waals surface area contributed by atoms with E-state index in [-0.39, 0.29) is 6.04 Å². The normalized spacial score (nSPS) is 12.3. The molecule has 2 N–H and O–H groups in total. The highest BCUT2D eigenvalue weighted by molar-refractivity contribution is 5.37. The first-order valence-electron chi connectivity index (χ1n) is 5.14. The summed E-state index contributed by atoms with van der Waals surface area (Å²) in [5, 5.41) is 0. The molecule has 1 aromatic carbocycles. The molecule has 0 radical (unpaired) electrons. The van der Waals surface area contributed by atoms with Crippen LogP contribution in [-0.4, -0.2) is 6.61 Å². The number of rotatable bonds is 4. The first-order chi connectivity index (χ1) is 7.00. The summed E-state index contributed by atoms with van der Waals surface area (Å²) in [6, 6.07) is 6.11. The van der Waals surface area contributed by atoms with Crippen molar-refractivity contribution in [1.29, 1.82) is 0 Å². The molecule has 0 unspecified atom stereocenters. The second-order valence-corrected chi connectivity index (χ2v) is 4.06. The van der Waals surface area contributed by atoms with Crippen LogP contribution in [0.2, 0.25) is 0 Å². The fourth-order valence-electron chi connectivity index (χ4n) is 1.32. The van der Waals surface area contributed by atoms with Gasteiger partial charge in [-0.15, -0.1) is 0 Å².